The first kappa shape index (κ1) is 14.8. The van der Waals surface area contributed by atoms with Gasteiger partial charge in [0.25, 0.3) is 5.91 Å². The zero-order valence-electron chi connectivity index (χ0n) is 11.4. The fourth-order valence-electron chi connectivity index (χ4n) is 2.76. The molecular formula is C13H18ClN3O3. The molecule has 1 unspecified atom stereocenters. The maximum Gasteiger partial charge on any atom is 0.323 e. The molecule has 1 aliphatic rings. The first-order valence-corrected chi connectivity index (χ1v) is 7.26. The van der Waals surface area contributed by atoms with E-state index in [1.807, 2.05) is 4.90 Å². The Balaban J connectivity index is 2.16. The standard InChI is InChI=1S/C13H18ClN3O3/c1-15-11(6-7-12(15)17(19)20)13(18)16-9-3-5-10(16)4-2-8-14/h6-7,10H,2-5,8-9H2,1H3. The van der Waals surface area contributed by atoms with Crippen LogP contribution < -0.4 is 0 Å². The lowest BCUT2D eigenvalue weighted by molar-refractivity contribution is -0.391. The molecule has 6 nitrogen and oxygen atoms in total. The van der Waals surface area contributed by atoms with Gasteiger partial charge >= 0.3 is 5.82 Å². The van der Waals surface area contributed by atoms with E-state index in [0.29, 0.717) is 18.1 Å². The third-order valence-corrected chi connectivity index (χ3v) is 4.08. The van der Waals surface area contributed by atoms with Crippen molar-refractivity contribution in [2.24, 2.45) is 7.05 Å². The lowest BCUT2D eigenvalue weighted by atomic mass is 10.1. The van der Waals surface area contributed by atoms with Gasteiger partial charge in [-0.3, -0.25) is 4.79 Å². The summed E-state index contributed by atoms with van der Waals surface area (Å²) in [5.74, 6) is 0.399. The quantitative estimate of drug-likeness (QED) is 0.477. The first-order chi connectivity index (χ1) is 9.56. The molecule has 0 N–H and O–H groups in total. The van der Waals surface area contributed by atoms with Crippen molar-refractivity contribution in [2.75, 3.05) is 12.4 Å². The van der Waals surface area contributed by atoms with Crippen LogP contribution in [0.25, 0.3) is 0 Å². The molecule has 0 bridgehead atoms. The van der Waals surface area contributed by atoms with Crippen LogP contribution in [0.4, 0.5) is 5.82 Å². The Labute approximate surface area is 122 Å². The second-order valence-electron chi connectivity index (χ2n) is 5.02. The minimum absolute atomic E-state index is 0.0649. The Morgan fingerprint density at radius 1 is 1.55 bits per heavy atom. The van der Waals surface area contributed by atoms with E-state index in [0.717, 1.165) is 25.7 Å². The summed E-state index contributed by atoms with van der Waals surface area (Å²) in [6, 6.07) is 3.10. The van der Waals surface area contributed by atoms with Crippen molar-refractivity contribution in [3.05, 3.63) is 27.9 Å². The summed E-state index contributed by atoms with van der Waals surface area (Å²) < 4.78 is 1.35. The van der Waals surface area contributed by atoms with Gasteiger partial charge in [0.2, 0.25) is 0 Å². The molecule has 1 aromatic heterocycles. The van der Waals surface area contributed by atoms with Gasteiger partial charge in [-0.1, -0.05) is 0 Å². The molecule has 0 aliphatic carbocycles. The van der Waals surface area contributed by atoms with E-state index < -0.39 is 4.92 Å². The molecule has 20 heavy (non-hydrogen) atoms. The van der Waals surface area contributed by atoms with Crippen LogP contribution in [0.2, 0.25) is 0 Å². The maximum absolute atomic E-state index is 12.5. The van der Waals surface area contributed by atoms with Crippen molar-refractivity contribution in [2.45, 2.75) is 31.7 Å². The van der Waals surface area contributed by atoms with E-state index in [1.54, 1.807) is 7.05 Å². The van der Waals surface area contributed by atoms with Crippen molar-refractivity contribution in [3.63, 3.8) is 0 Å². The van der Waals surface area contributed by atoms with E-state index in [9.17, 15) is 14.9 Å². The minimum Gasteiger partial charge on any atom is -0.358 e. The largest absolute Gasteiger partial charge is 0.358 e. The van der Waals surface area contributed by atoms with Gasteiger partial charge in [-0.15, -0.1) is 11.6 Å². The molecule has 2 heterocycles. The van der Waals surface area contributed by atoms with Crippen molar-refractivity contribution in [1.29, 1.82) is 0 Å². The van der Waals surface area contributed by atoms with Crippen LogP contribution in [0.3, 0.4) is 0 Å². The number of halogens is 1. The molecule has 1 fully saturated rings. The van der Waals surface area contributed by atoms with E-state index in [4.69, 9.17) is 11.6 Å². The summed E-state index contributed by atoms with van der Waals surface area (Å²) in [6.07, 6.45) is 3.73. The highest BCUT2D eigenvalue weighted by Gasteiger charge is 2.32. The molecule has 1 amide bonds. The number of alkyl halides is 1. The SMILES string of the molecule is Cn1c(C(=O)N2CCCC2CCCCl)ccc1[N+](=O)[O-]. The highest BCUT2D eigenvalue weighted by Crippen LogP contribution is 2.25. The van der Waals surface area contributed by atoms with Crippen LogP contribution in [-0.4, -0.2) is 38.8 Å². The molecule has 0 radical (unpaired) electrons. The third kappa shape index (κ3) is 2.80. The Kier molecular flexibility index (Phi) is 4.65. The predicted molar refractivity (Wildman–Crippen MR) is 76.1 cm³/mol. The fraction of sp³-hybridized carbons (Fsp3) is 0.615. The number of hydrogen-bond donors (Lipinski definition) is 0. The van der Waals surface area contributed by atoms with Crippen LogP contribution in [-0.2, 0) is 7.05 Å². The summed E-state index contributed by atoms with van der Waals surface area (Å²) in [4.78, 5) is 24.7. The maximum atomic E-state index is 12.5. The van der Waals surface area contributed by atoms with E-state index in [2.05, 4.69) is 0 Å². The van der Waals surface area contributed by atoms with Crippen molar-refractivity contribution in [3.8, 4) is 0 Å². The van der Waals surface area contributed by atoms with E-state index in [-0.39, 0.29) is 17.8 Å². The van der Waals surface area contributed by atoms with Crippen LogP contribution in [0.15, 0.2) is 12.1 Å². The summed E-state index contributed by atoms with van der Waals surface area (Å²) in [5, 5.41) is 10.8. The van der Waals surface area contributed by atoms with Crippen LogP contribution in [0, 0.1) is 10.1 Å². The molecule has 1 aliphatic heterocycles. The summed E-state index contributed by atoms with van der Waals surface area (Å²) in [5.41, 5.74) is 0.370. The lowest BCUT2D eigenvalue weighted by Crippen LogP contribution is -2.36. The Bertz CT molecular complexity index is 515. The average Bonchev–Trinajstić information content (AvgIpc) is 3.01. The molecule has 2 rings (SSSR count). The van der Waals surface area contributed by atoms with Gasteiger partial charge in [0.15, 0.2) is 5.69 Å². The number of amides is 1. The lowest BCUT2D eigenvalue weighted by Gasteiger charge is -2.23. The summed E-state index contributed by atoms with van der Waals surface area (Å²) in [6.45, 7) is 0.713. The molecule has 1 atom stereocenters. The van der Waals surface area contributed by atoms with Gasteiger partial charge in [-0.25, -0.2) is 4.57 Å². The number of aromatic nitrogens is 1. The van der Waals surface area contributed by atoms with Gasteiger partial charge < -0.3 is 15.0 Å². The number of likely N-dealkylation sites (tertiary alicyclic amines) is 1. The molecule has 1 aromatic rings. The number of nitro groups is 1. The predicted octanol–water partition coefficient (Wildman–Crippen LogP) is 2.56. The van der Waals surface area contributed by atoms with Gasteiger partial charge in [-0.05, 0) is 36.7 Å². The first-order valence-electron chi connectivity index (χ1n) is 6.73. The highest BCUT2D eigenvalue weighted by atomic mass is 35.5. The monoisotopic (exact) mass is 299 g/mol. The normalized spacial score (nSPS) is 18.5. The number of carbonyl (C=O) groups is 1. The van der Waals surface area contributed by atoms with Gasteiger partial charge in [-0.2, -0.15) is 0 Å². The molecular weight excluding hydrogens is 282 g/mol. The van der Waals surface area contributed by atoms with Crippen molar-refractivity contribution < 1.29 is 9.72 Å². The van der Waals surface area contributed by atoms with Crippen LogP contribution in [0.5, 0.6) is 0 Å². The minimum atomic E-state index is -0.480. The topological polar surface area (TPSA) is 68.4 Å². The van der Waals surface area contributed by atoms with Crippen LogP contribution in [0.1, 0.15) is 36.2 Å². The molecule has 7 heteroatoms. The fourth-order valence-corrected chi connectivity index (χ4v) is 2.92. The smallest absolute Gasteiger partial charge is 0.323 e. The highest BCUT2D eigenvalue weighted by molar-refractivity contribution is 6.17. The Morgan fingerprint density at radius 3 is 2.90 bits per heavy atom. The van der Waals surface area contributed by atoms with Gasteiger partial charge in [0.05, 0.1) is 7.05 Å². The van der Waals surface area contributed by atoms with E-state index in [1.165, 1.54) is 16.7 Å². The second-order valence-corrected chi connectivity index (χ2v) is 5.40. The number of nitrogens with zero attached hydrogens (tertiary/aromatic N) is 3. The molecule has 1 saturated heterocycles. The Hall–Kier alpha value is -1.56. The number of rotatable bonds is 5. The summed E-state index contributed by atoms with van der Waals surface area (Å²) in [7, 11) is 1.55. The molecule has 0 saturated carbocycles. The zero-order valence-corrected chi connectivity index (χ0v) is 12.2. The number of carbonyl (C=O) groups excluding carboxylic acids is 1. The van der Waals surface area contributed by atoms with Gasteiger partial charge in [0.1, 0.15) is 0 Å². The Morgan fingerprint density at radius 2 is 2.30 bits per heavy atom. The molecule has 110 valence electrons. The molecule has 0 spiro atoms. The summed E-state index contributed by atoms with van der Waals surface area (Å²) >= 11 is 5.71. The number of hydrogen-bond acceptors (Lipinski definition) is 3. The second kappa shape index (κ2) is 6.26. The van der Waals surface area contributed by atoms with Crippen molar-refractivity contribution in [1.82, 2.24) is 9.47 Å². The van der Waals surface area contributed by atoms with Gasteiger partial charge in [0, 0.05) is 24.5 Å². The van der Waals surface area contributed by atoms with Crippen LogP contribution >= 0.6 is 11.6 Å². The average molecular weight is 300 g/mol. The zero-order chi connectivity index (χ0) is 14.7. The van der Waals surface area contributed by atoms with E-state index >= 15 is 0 Å². The molecule has 0 aromatic carbocycles. The van der Waals surface area contributed by atoms with Crippen molar-refractivity contribution >= 4 is 23.3 Å². The third-order valence-electron chi connectivity index (χ3n) is 3.81.